The van der Waals surface area contributed by atoms with Crippen molar-refractivity contribution in [3.63, 3.8) is 0 Å². The molecule has 0 radical (unpaired) electrons. The van der Waals surface area contributed by atoms with Crippen molar-refractivity contribution in [3.05, 3.63) is 11.3 Å². The number of esters is 1. The zero-order valence-corrected chi connectivity index (χ0v) is 11.6. The number of carbonyl (C=O) groups excluding carboxylic acids is 1. The lowest BCUT2D eigenvalue weighted by Crippen LogP contribution is -2.36. The van der Waals surface area contributed by atoms with E-state index in [1.165, 1.54) is 6.92 Å². The van der Waals surface area contributed by atoms with Crippen LogP contribution >= 0.6 is 0 Å². The van der Waals surface area contributed by atoms with Crippen molar-refractivity contribution in [1.29, 1.82) is 0 Å². The number of carbonyl (C=O) groups is 1. The molecule has 0 atom stereocenters. The average molecular weight is 251 g/mol. The van der Waals surface area contributed by atoms with Crippen molar-refractivity contribution in [2.75, 3.05) is 7.11 Å². The van der Waals surface area contributed by atoms with Gasteiger partial charge in [0.15, 0.2) is 0 Å². The van der Waals surface area contributed by atoms with Crippen LogP contribution in [0.5, 0.6) is 0 Å². The summed E-state index contributed by atoms with van der Waals surface area (Å²) in [6.45, 7) is 5.41. The van der Waals surface area contributed by atoms with Crippen LogP contribution in [0.4, 0.5) is 0 Å². The lowest BCUT2D eigenvalue weighted by molar-refractivity contribution is -0.138. The molecule has 4 heteroatoms. The Hall–Kier alpha value is -1.16. The quantitative estimate of drug-likeness (QED) is 0.709. The number of methoxy groups -OCH3 is 1. The second kappa shape index (κ2) is 4.84. The maximum Gasteiger partial charge on any atom is 0.307 e. The number of aliphatic imine (C=N–C) groups is 1. The highest BCUT2D eigenvalue weighted by Gasteiger charge is 2.45. The molecule has 0 N–H and O–H groups in total. The number of rotatable bonds is 2. The molecule has 1 spiro atoms. The van der Waals surface area contributed by atoms with Crippen LogP contribution in [-0.4, -0.2) is 30.4 Å². The van der Waals surface area contributed by atoms with E-state index >= 15 is 0 Å². The first-order valence-corrected chi connectivity index (χ1v) is 6.48. The molecule has 2 aliphatic rings. The Labute approximate surface area is 108 Å². The van der Waals surface area contributed by atoms with Gasteiger partial charge >= 0.3 is 5.97 Å². The Kier molecular flexibility index (Phi) is 3.57. The molecule has 2 rings (SSSR count). The van der Waals surface area contributed by atoms with E-state index in [9.17, 15) is 4.79 Å². The lowest BCUT2D eigenvalue weighted by Gasteiger charge is -2.35. The van der Waals surface area contributed by atoms with Gasteiger partial charge in [0, 0.05) is 25.3 Å². The predicted molar refractivity (Wildman–Crippen MR) is 69.6 cm³/mol. The molecule has 1 heterocycles. The van der Waals surface area contributed by atoms with Crippen molar-refractivity contribution in [1.82, 2.24) is 0 Å². The number of hydrogen-bond acceptors (Lipinski definition) is 4. The maximum atomic E-state index is 11.3. The van der Waals surface area contributed by atoms with Gasteiger partial charge in [-0.15, -0.1) is 0 Å². The highest BCUT2D eigenvalue weighted by Crippen LogP contribution is 2.44. The van der Waals surface area contributed by atoms with Crippen LogP contribution in [0, 0.1) is 0 Å². The van der Waals surface area contributed by atoms with Crippen LogP contribution < -0.4 is 0 Å². The molecule has 0 amide bonds. The summed E-state index contributed by atoms with van der Waals surface area (Å²) >= 11 is 0. The molecule has 0 bridgehead atoms. The molecule has 4 nitrogen and oxygen atoms in total. The number of allylic oxidation sites excluding steroid dienone is 1. The number of hydrogen-bond donors (Lipinski definition) is 0. The minimum Gasteiger partial charge on any atom is -0.428 e. The van der Waals surface area contributed by atoms with E-state index in [4.69, 9.17) is 14.5 Å². The normalized spacial score (nSPS) is 31.8. The summed E-state index contributed by atoms with van der Waals surface area (Å²) in [5, 5.41) is 0. The van der Waals surface area contributed by atoms with Gasteiger partial charge in [-0.25, -0.2) is 0 Å². The molecule has 1 aliphatic heterocycles. The van der Waals surface area contributed by atoms with E-state index in [2.05, 4.69) is 0 Å². The second-order valence-electron chi connectivity index (χ2n) is 5.21. The highest BCUT2D eigenvalue weighted by molar-refractivity contribution is 6.01. The van der Waals surface area contributed by atoms with Crippen LogP contribution in [0.2, 0.25) is 0 Å². The maximum absolute atomic E-state index is 11.3. The van der Waals surface area contributed by atoms with Crippen molar-refractivity contribution >= 4 is 11.7 Å². The standard InChI is InChI=1S/C14H21NO3/c1-9-10(2)15-14(13(9)18-11(3)16)7-5-12(17-4)6-8-14/h12H,5-8H2,1-4H3. The van der Waals surface area contributed by atoms with Crippen molar-refractivity contribution < 1.29 is 14.3 Å². The van der Waals surface area contributed by atoms with Gasteiger partial charge in [-0.3, -0.25) is 9.79 Å². The molecule has 0 saturated heterocycles. The number of ether oxygens (including phenoxy) is 2. The minimum atomic E-state index is -0.311. The fraction of sp³-hybridized carbons (Fsp3) is 0.714. The molecule has 1 saturated carbocycles. The van der Waals surface area contributed by atoms with Gasteiger partial charge in [-0.2, -0.15) is 0 Å². The third-order valence-electron chi connectivity index (χ3n) is 4.03. The van der Waals surface area contributed by atoms with Gasteiger partial charge in [0.2, 0.25) is 0 Å². The number of nitrogens with zero attached hydrogens (tertiary/aromatic N) is 1. The van der Waals surface area contributed by atoms with Gasteiger partial charge < -0.3 is 9.47 Å². The second-order valence-corrected chi connectivity index (χ2v) is 5.21. The third kappa shape index (κ3) is 2.21. The predicted octanol–water partition coefficient (Wildman–Crippen LogP) is 2.63. The Morgan fingerprint density at radius 1 is 1.33 bits per heavy atom. The smallest absolute Gasteiger partial charge is 0.307 e. The van der Waals surface area contributed by atoms with Gasteiger partial charge in [0.05, 0.1) is 6.10 Å². The molecular formula is C14H21NO3. The summed E-state index contributed by atoms with van der Waals surface area (Å²) in [5.41, 5.74) is 1.69. The Bertz CT molecular complexity index is 415. The molecule has 0 aromatic carbocycles. The van der Waals surface area contributed by atoms with E-state index in [-0.39, 0.29) is 11.5 Å². The minimum absolute atomic E-state index is 0.262. The van der Waals surface area contributed by atoms with Crippen LogP contribution in [0.3, 0.4) is 0 Å². The van der Waals surface area contributed by atoms with Crippen molar-refractivity contribution in [2.45, 2.75) is 58.1 Å². The van der Waals surface area contributed by atoms with Crippen LogP contribution in [0.25, 0.3) is 0 Å². The molecule has 100 valence electrons. The van der Waals surface area contributed by atoms with Gasteiger partial charge in [0.25, 0.3) is 0 Å². The molecule has 18 heavy (non-hydrogen) atoms. The first-order valence-electron chi connectivity index (χ1n) is 6.48. The summed E-state index contributed by atoms with van der Waals surface area (Å²) < 4.78 is 10.8. The van der Waals surface area contributed by atoms with Gasteiger partial charge in [-0.05, 0) is 39.5 Å². The molecule has 0 aromatic heterocycles. The molecule has 1 aliphatic carbocycles. The summed E-state index contributed by atoms with van der Waals surface area (Å²) in [6.07, 6.45) is 4.02. The molecule has 0 unspecified atom stereocenters. The van der Waals surface area contributed by atoms with E-state index in [1.54, 1.807) is 7.11 Å². The van der Waals surface area contributed by atoms with E-state index in [0.717, 1.165) is 42.7 Å². The summed E-state index contributed by atoms with van der Waals surface area (Å²) in [6, 6.07) is 0. The highest BCUT2D eigenvalue weighted by atomic mass is 16.5. The lowest BCUT2D eigenvalue weighted by atomic mass is 9.79. The summed E-state index contributed by atoms with van der Waals surface area (Å²) in [5.74, 6) is 0.504. The van der Waals surface area contributed by atoms with Crippen molar-refractivity contribution in [3.8, 4) is 0 Å². The Balaban J connectivity index is 2.24. The zero-order chi connectivity index (χ0) is 13.3. The first-order chi connectivity index (χ1) is 8.48. The fourth-order valence-electron chi connectivity index (χ4n) is 2.93. The zero-order valence-electron chi connectivity index (χ0n) is 11.6. The van der Waals surface area contributed by atoms with E-state index < -0.39 is 0 Å². The average Bonchev–Trinajstić information content (AvgIpc) is 2.55. The molecule has 1 fully saturated rings. The third-order valence-corrected chi connectivity index (χ3v) is 4.03. The molecule has 0 aromatic rings. The summed E-state index contributed by atoms with van der Waals surface area (Å²) in [7, 11) is 1.75. The van der Waals surface area contributed by atoms with Crippen LogP contribution in [0.1, 0.15) is 46.5 Å². The largest absolute Gasteiger partial charge is 0.428 e. The van der Waals surface area contributed by atoms with Crippen molar-refractivity contribution in [2.24, 2.45) is 4.99 Å². The monoisotopic (exact) mass is 251 g/mol. The van der Waals surface area contributed by atoms with Gasteiger partial charge in [-0.1, -0.05) is 0 Å². The Morgan fingerprint density at radius 2 is 1.94 bits per heavy atom. The SMILES string of the molecule is COC1CCC2(CC1)N=C(C)C(C)=C2OC(C)=O. The summed E-state index contributed by atoms with van der Waals surface area (Å²) in [4.78, 5) is 16.0. The van der Waals surface area contributed by atoms with E-state index in [0.29, 0.717) is 6.10 Å². The topological polar surface area (TPSA) is 47.9 Å². The first kappa shape index (κ1) is 13.3. The van der Waals surface area contributed by atoms with E-state index in [1.807, 2.05) is 13.8 Å². The van der Waals surface area contributed by atoms with Crippen LogP contribution in [0.15, 0.2) is 16.3 Å². The molecular weight excluding hydrogens is 230 g/mol. The fourth-order valence-corrected chi connectivity index (χ4v) is 2.93. The Morgan fingerprint density at radius 3 is 2.44 bits per heavy atom. The van der Waals surface area contributed by atoms with Gasteiger partial charge in [0.1, 0.15) is 11.3 Å². The van der Waals surface area contributed by atoms with Crippen LogP contribution in [-0.2, 0) is 14.3 Å².